The summed E-state index contributed by atoms with van der Waals surface area (Å²) in [6.45, 7) is 0. The van der Waals surface area contributed by atoms with E-state index >= 15 is 0 Å². The van der Waals surface area contributed by atoms with Crippen molar-refractivity contribution in [3.63, 3.8) is 0 Å². The van der Waals surface area contributed by atoms with Gasteiger partial charge in [0.2, 0.25) is 0 Å². The molecule has 22 heavy (non-hydrogen) atoms. The van der Waals surface area contributed by atoms with E-state index in [-0.39, 0.29) is 5.02 Å². The van der Waals surface area contributed by atoms with E-state index in [1.807, 2.05) is 12.1 Å². The smallest absolute Gasteiger partial charge is 0.337 e. The number of aryl methyl sites for hydroxylation is 1. The second-order valence-electron chi connectivity index (χ2n) is 5.12. The van der Waals surface area contributed by atoms with Crippen LogP contribution in [-0.4, -0.2) is 13.1 Å². The van der Waals surface area contributed by atoms with Crippen LogP contribution in [0, 0.1) is 5.82 Å². The summed E-state index contributed by atoms with van der Waals surface area (Å²) in [5.41, 5.74) is 3.62. The molecule has 2 aromatic carbocycles. The van der Waals surface area contributed by atoms with Crippen LogP contribution in [0.25, 0.3) is 5.57 Å². The van der Waals surface area contributed by atoms with Crippen molar-refractivity contribution in [3.8, 4) is 0 Å². The summed E-state index contributed by atoms with van der Waals surface area (Å²) in [5.74, 6) is -0.842. The molecule has 0 radical (unpaired) electrons. The monoisotopic (exact) mass is 316 g/mol. The summed E-state index contributed by atoms with van der Waals surface area (Å²) in [7, 11) is 1.34. The summed E-state index contributed by atoms with van der Waals surface area (Å²) in [6.07, 6.45) is 3.67. The van der Waals surface area contributed by atoms with Crippen LogP contribution in [0.15, 0.2) is 42.5 Å². The summed E-state index contributed by atoms with van der Waals surface area (Å²) in [6, 6.07) is 10.3. The van der Waals surface area contributed by atoms with Gasteiger partial charge in [0, 0.05) is 5.56 Å². The van der Waals surface area contributed by atoms with Crippen molar-refractivity contribution >= 4 is 23.1 Å². The molecular formula is C18H14ClFO2. The van der Waals surface area contributed by atoms with Gasteiger partial charge in [-0.15, -0.1) is 0 Å². The fourth-order valence-electron chi connectivity index (χ4n) is 2.74. The van der Waals surface area contributed by atoms with Crippen LogP contribution in [0.3, 0.4) is 0 Å². The largest absolute Gasteiger partial charge is 0.465 e. The average Bonchev–Trinajstić information content (AvgIpc) is 2.55. The minimum Gasteiger partial charge on any atom is -0.465 e. The molecule has 0 amide bonds. The van der Waals surface area contributed by atoms with Gasteiger partial charge in [-0.1, -0.05) is 35.9 Å². The summed E-state index contributed by atoms with van der Waals surface area (Å²) in [4.78, 5) is 11.7. The van der Waals surface area contributed by atoms with E-state index in [1.165, 1.54) is 13.2 Å². The van der Waals surface area contributed by atoms with Gasteiger partial charge in [0.15, 0.2) is 0 Å². The zero-order chi connectivity index (χ0) is 15.7. The van der Waals surface area contributed by atoms with Crippen LogP contribution in [0.4, 0.5) is 4.39 Å². The third-order valence-corrected chi connectivity index (χ3v) is 4.12. The Morgan fingerprint density at radius 3 is 2.82 bits per heavy atom. The summed E-state index contributed by atoms with van der Waals surface area (Å²) in [5, 5.41) is 0.0923. The Hall–Kier alpha value is -2.13. The maximum atomic E-state index is 14.3. The Bertz CT molecular complexity index is 781. The normalized spacial score (nSPS) is 13.3. The lowest BCUT2D eigenvalue weighted by atomic mass is 9.85. The van der Waals surface area contributed by atoms with E-state index in [1.54, 1.807) is 24.3 Å². The van der Waals surface area contributed by atoms with Crippen molar-refractivity contribution in [2.45, 2.75) is 12.8 Å². The van der Waals surface area contributed by atoms with E-state index in [0.29, 0.717) is 11.1 Å². The highest BCUT2D eigenvalue weighted by atomic mass is 35.5. The van der Waals surface area contributed by atoms with Crippen LogP contribution in [0.1, 0.15) is 33.5 Å². The van der Waals surface area contributed by atoms with Gasteiger partial charge in [-0.3, -0.25) is 0 Å². The lowest BCUT2D eigenvalue weighted by Gasteiger charge is -2.19. The molecule has 0 saturated carbocycles. The first-order chi connectivity index (χ1) is 10.6. The number of fused-ring (bicyclic) bond motifs is 1. The lowest BCUT2D eigenvalue weighted by molar-refractivity contribution is 0.0600. The SMILES string of the molecule is COC(=O)c1ccc2c(c1)C(c1cccc(Cl)c1F)=CCC2. The standard InChI is InChI=1S/C18H14ClFO2/c1-22-18(21)12-9-8-11-4-2-5-13(15(11)10-12)14-6-3-7-16(19)17(14)20/h3,5-10H,2,4H2,1H3. The van der Waals surface area contributed by atoms with E-state index in [2.05, 4.69) is 0 Å². The second-order valence-corrected chi connectivity index (χ2v) is 5.53. The van der Waals surface area contributed by atoms with Crippen LogP contribution in [0.2, 0.25) is 5.02 Å². The van der Waals surface area contributed by atoms with Crippen molar-refractivity contribution in [2.24, 2.45) is 0 Å². The molecule has 0 aromatic heterocycles. The van der Waals surface area contributed by atoms with E-state index in [0.717, 1.165) is 29.5 Å². The zero-order valence-corrected chi connectivity index (χ0v) is 12.8. The minimum atomic E-state index is -0.438. The molecule has 2 nitrogen and oxygen atoms in total. The number of rotatable bonds is 2. The van der Waals surface area contributed by atoms with Gasteiger partial charge in [-0.05, 0) is 47.7 Å². The number of benzene rings is 2. The van der Waals surface area contributed by atoms with Gasteiger partial charge in [-0.2, -0.15) is 0 Å². The summed E-state index contributed by atoms with van der Waals surface area (Å²) < 4.78 is 19.1. The molecule has 4 heteroatoms. The topological polar surface area (TPSA) is 26.3 Å². The summed E-state index contributed by atoms with van der Waals surface area (Å²) >= 11 is 5.89. The highest BCUT2D eigenvalue weighted by Gasteiger charge is 2.20. The number of halogens is 2. The van der Waals surface area contributed by atoms with E-state index in [4.69, 9.17) is 16.3 Å². The molecule has 0 aliphatic heterocycles. The molecule has 2 aromatic rings. The van der Waals surface area contributed by atoms with Gasteiger partial charge in [0.05, 0.1) is 17.7 Å². The van der Waals surface area contributed by atoms with Crippen molar-refractivity contribution < 1.29 is 13.9 Å². The maximum Gasteiger partial charge on any atom is 0.337 e. The lowest BCUT2D eigenvalue weighted by Crippen LogP contribution is -2.07. The molecule has 0 fully saturated rings. The zero-order valence-electron chi connectivity index (χ0n) is 12.0. The molecule has 0 bridgehead atoms. The Kier molecular flexibility index (Phi) is 3.99. The number of hydrogen-bond donors (Lipinski definition) is 0. The first-order valence-electron chi connectivity index (χ1n) is 6.98. The number of hydrogen-bond acceptors (Lipinski definition) is 2. The molecule has 0 spiro atoms. The number of methoxy groups -OCH3 is 1. The van der Waals surface area contributed by atoms with E-state index < -0.39 is 11.8 Å². The van der Waals surface area contributed by atoms with E-state index in [9.17, 15) is 9.18 Å². The molecule has 0 N–H and O–H groups in total. The molecule has 0 saturated heterocycles. The fourth-order valence-corrected chi connectivity index (χ4v) is 2.91. The molecule has 0 atom stereocenters. The Morgan fingerprint density at radius 1 is 1.23 bits per heavy atom. The molecule has 112 valence electrons. The molecule has 0 heterocycles. The molecule has 3 rings (SSSR count). The van der Waals surface area contributed by atoms with Gasteiger partial charge < -0.3 is 4.74 Å². The van der Waals surface area contributed by atoms with Crippen LogP contribution in [0.5, 0.6) is 0 Å². The number of carbonyl (C=O) groups excluding carboxylic acids is 1. The van der Waals surface area contributed by atoms with Crippen molar-refractivity contribution in [3.05, 3.63) is 75.6 Å². The van der Waals surface area contributed by atoms with Crippen LogP contribution < -0.4 is 0 Å². The Balaban J connectivity index is 2.15. The van der Waals surface area contributed by atoms with Crippen LogP contribution in [-0.2, 0) is 11.2 Å². The number of carbonyl (C=O) groups is 1. The molecule has 1 aliphatic carbocycles. The predicted octanol–water partition coefficient (Wildman–Crippen LogP) is 4.64. The fraction of sp³-hybridized carbons (Fsp3) is 0.167. The number of esters is 1. The number of allylic oxidation sites excluding steroid dienone is 1. The van der Waals surface area contributed by atoms with Gasteiger partial charge >= 0.3 is 5.97 Å². The van der Waals surface area contributed by atoms with Gasteiger partial charge in [0.25, 0.3) is 0 Å². The number of ether oxygens (including phenoxy) is 1. The highest BCUT2D eigenvalue weighted by molar-refractivity contribution is 6.31. The predicted molar refractivity (Wildman–Crippen MR) is 84.6 cm³/mol. The first-order valence-corrected chi connectivity index (χ1v) is 7.35. The van der Waals surface area contributed by atoms with Crippen molar-refractivity contribution in [1.29, 1.82) is 0 Å². The van der Waals surface area contributed by atoms with Crippen molar-refractivity contribution in [1.82, 2.24) is 0 Å². The van der Waals surface area contributed by atoms with Gasteiger partial charge in [0.1, 0.15) is 5.82 Å². The minimum absolute atomic E-state index is 0.0923. The third kappa shape index (κ3) is 2.53. The highest BCUT2D eigenvalue weighted by Crippen LogP contribution is 2.35. The van der Waals surface area contributed by atoms with Crippen LogP contribution >= 0.6 is 11.6 Å². The Morgan fingerprint density at radius 2 is 2.05 bits per heavy atom. The quantitative estimate of drug-likeness (QED) is 0.754. The third-order valence-electron chi connectivity index (χ3n) is 3.83. The second kappa shape index (κ2) is 5.93. The average molecular weight is 317 g/mol. The Labute approximate surface area is 133 Å². The molecular weight excluding hydrogens is 303 g/mol. The first kappa shape index (κ1) is 14.8. The molecule has 1 aliphatic rings. The molecule has 0 unspecified atom stereocenters. The van der Waals surface area contributed by atoms with Gasteiger partial charge in [-0.25, -0.2) is 9.18 Å². The van der Waals surface area contributed by atoms with Crippen molar-refractivity contribution in [2.75, 3.05) is 7.11 Å². The maximum absolute atomic E-state index is 14.3.